The second-order valence-corrected chi connectivity index (χ2v) is 5.15. The molecule has 0 amide bonds. The van der Waals surface area contributed by atoms with E-state index in [1.807, 2.05) is 19.1 Å². The first-order valence-corrected chi connectivity index (χ1v) is 6.69. The number of carbonyl (C=O) groups is 1. The first kappa shape index (κ1) is 17.5. The molecule has 0 spiro atoms. The second-order valence-electron chi connectivity index (χ2n) is 4.30. The largest absolute Gasteiger partial charge is 1.00 e. The molecule has 0 aliphatic heterocycles. The van der Waals surface area contributed by atoms with Gasteiger partial charge in [0, 0.05) is 18.6 Å². The van der Waals surface area contributed by atoms with E-state index in [0.29, 0.717) is 5.56 Å². The Labute approximate surface area is 140 Å². The van der Waals surface area contributed by atoms with Gasteiger partial charge in [0.15, 0.2) is 11.9 Å². The van der Waals surface area contributed by atoms with Crippen LogP contribution in [-0.2, 0) is 6.54 Å². The van der Waals surface area contributed by atoms with Gasteiger partial charge in [0.25, 0.3) is 0 Å². The molecule has 0 aliphatic rings. The van der Waals surface area contributed by atoms with E-state index >= 15 is 0 Å². The minimum atomic E-state index is -0.615. The Morgan fingerprint density at radius 3 is 2.81 bits per heavy atom. The van der Waals surface area contributed by atoms with Crippen LogP contribution >= 0.6 is 15.9 Å². The summed E-state index contributed by atoms with van der Waals surface area (Å²) in [6, 6.07) is 9.27. The monoisotopic (exact) mass is 412 g/mol. The van der Waals surface area contributed by atoms with Crippen LogP contribution in [0.4, 0.5) is 4.39 Å². The van der Waals surface area contributed by atoms with Crippen LogP contribution < -0.4 is 21.5 Å². The summed E-state index contributed by atoms with van der Waals surface area (Å²) in [5.41, 5.74) is 1.13. The highest BCUT2D eigenvalue weighted by Gasteiger charge is 2.17. The van der Waals surface area contributed by atoms with Gasteiger partial charge in [-0.3, -0.25) is 4.79 Å². The standard InChI is InChI=1S/C15H11BrFN2O.BrH/c1-10-13(16)3-2-6-19(10)9-15(20)11-4-5-14(17)12(7-11)8-18;/h2-7H,9H2,1H3;1H/q+1;/p-1. The van der Waals surface area contributed by atoms with Gasteiger partial charge in [-0.25, -0.2) is 4.39 Å². The summed E-state index contributed by atoms with van der Waals surface area (Å²) in [6.07, 6.45) is 1.80. The third-order valence-corrected chi connectivity index (χ3v) is 3.85. The number of nitriles is 1. The average Bonchev–Trinajstić information content (AvgIpc) is 2.44. The Morgan fingerprint density at radius 1 is 1.43 bits per heavy atom. The van der Waals surface area contributed by atoms with Crippen LogP contribution in [0.5, 0.6) is 0 Å². The lowest BCUT2D eigenvalue weighted by atomic mass is 10.1. The average molecular weight is 414 g/mol. The Hall–Kier alpha value is -1.58. The fourth-order valence-electron chi connectivity index (χ4n) is 1.80. The van der Waals surface area contributed by atoms with E-state index < -0.39 is 5.82 Å². The molecule has 2 aromatic rings. The number of aromatic nitrogens is 1. The third kappa shape index (κ3) is 3.96. The van der Waals surface area contributed by atoms with Gasteiger partial charge in [-0.1, -0.05) is 0 Å². The number of pyridine rings is 1. The smallest absolute Gasteiger partial charge is 0.227 e. The lowest BCUT2D eigenvalue weighted by Gasteiger charge is -2.03. The Kier molecular flexibility index (Phi) is 6.19. The molecule has 0 N–H and O–H groups in total. The minimum absolute atomic E-state index is 0. The molecule has 108 valence electrons. The molecule has 0 saturated carbocycles. The zero-order valence-electron chi connectivity index (χ0n) is 11.1. The summed E-state index contributed by atoms with van der Waals surface area (Å²) in [5.74, 6) is -0.789. The van der Waals surface area contributed by atoms with Crippen molar-refractivity contribution in [3.05, 3.63) is 63.6 Å². The molecule has 21 heavy (non-hydrogen) atoms. The molecule has 0 saturated heterocycles. The van der Waals surface area contributed by atoms with Crippen molar-refractivity contribution in [2.24, 2.45) is 0 Å². The van der Waals surface area contributed by atoms with Gasteiger partial charge in [0.2, 0.25) is 12.3 Å². The van der Waals surface area contributed by atoms with E-state index in [4.69, 9.17) is 5.26 Å². The van der Waals surface area contributed by atoms with Crippen LogP contribution in [0, 0.1) is 24.1 Å². The van der Waals surface area contributed by atoms with Crippen molar-refractivity contribution in [1.82, 2.24) is 0 Å². The van der Waals surface area contributed by atoms with Gasteiger partial charge in [0.05, 0.1) is 10.0 Å². The molecule has 0 atom stereocenters. The van der Waals surface area contributed by atoms with E-state index in [-0.39, 0.29) is 34.9 Å². The summed E-state index contributed by atoms with van der Waals surface area (Å²) in [6.45, 7) is 2.03. The van der Waals surface area contributed by atoms with E-state index in [1.54, 1.807) is 16.8 Å². The summed E-state index contributed by atoms with van der Waals surface area (Å²) in [4.78, 5) is 12.2. The van der Waals surface area contributed by atoms with Crippen molar-refractivity contribution in [2.75, 3.05) is 0 Å². The SMILES string of the molecule is Cc1c(Br)ccc[n+]1CC(=O)c1ccc(F)c(C#N)c1.[Br-]. The maximum atomic E-state index is 13.2. The summed E-state index contributed by atoms with van der Waals surface area (Å²) in [7, 11) is 0. The molecule has 0 aliphatic carbocycles. The van der Waals surface area contributed by atoms with Crippen molar-refractivity contribution in [1.29, 1.82) is 5.26 Å². The van der Waals surface area contributed by atoms with Crippen LogP contribution in [0.15, 0.2) is 41.0 Å². The Balaban J connectivity index is 0.00000220. The van der Waals surface area contributed by atoms with Crippen LogP contribution in [0.1, 0.15) is 21.6 Å². The molecule has 1 heterocycles. The first-order valence-electron chi connectivity index (χ1n) is 5.90. The van der Waals surface area contributed by atoms with Gasteiger partial charge >= 0.3 is 0 Å². The molecule has 0 fully saturated rings. The van der Waals surface area contributed by atoms with E-state index in [9.17, 15) is 9.18 Å². The van der Waals surface area contributed by atoms with Crippen molar-refractivity contribution in [3.8, 4) is 6.07 Å². The highest BCUT2D eigenvalue weighted by atomic mass is 79.9. The lowest BCUT2D eigenvalue weighted by Crippen LogP contribution is -3.00. The fourth-order valence-corrected chi connectivity index (χ4v) is 2.18. The summed E-state index contributed by atoms with van der Waals surface area (Å²) in [5, 5.41) is 8.78. The molecule has 0 unspecified atom stereocenters. The highest BCUT2D eigenvalue weighted by Crippen LogP contribution is 2.12. The van der Waals surface area contributed by atoms with Crippen molar-refractivity contribution < 1.29 is 30.7 Å². The zero-order chi connectivity index (χ0) is 14.7. The van der Waals surface area contributed by atoms with Crippen molar-refractivity contribution in [3.63, 3.8) is 0 Å². The van der Waals surface area contributed by atoms with Crippen molar-refractivity contribution in [2.45, 2.75) is 13.5 Å². The summed E-state index contributed by atoms with van der Waals surface area (Å²) < 4.78 is 15.9. The number of ketones is 1. The van der Waals surface area contributed by atoms with Gasteiger partial charge in [-0.15, -0.1) is 0 Å². The normalized spacial score (nSPS) is 9.62. The number of Topliss-reactive ketones (excluding diaryl/α,β-unsaturated/α-hetero) is 1. The third-order valence-electron chi connectivity index (χ3n) is 3.01. The molecule has 6 heteroatoms. The van der Waals surface area contributed by atoms with Crippen LogP contribution in [-0.4, -0.2) is 5.78 Å². The first-order chi connectivity index (χ1) is 9.52. The van der Waals surface area contributed by atoms with Crippen LogP contribution in [0.25, 0.3) is 0 Å². The number of carbonyl (C=O) groups excluding carboxylic acids is 1. The Bertz CT molecular complexity index is 726. The van der Waals surface area contributed by atoms with E-state index in [1.165, 1.54) is 12.1 Å². The zero-order valence-corrected chi connectivity index (χ0v) is 14.3. The predicted molar refractivity (Wildman–Crippen MR) is 74.5 cm³/mol. The number of benzene rings is 1. The molecule has 0 bridgehead atoms. The number of halogens is 3. The molecule has 1 aromatic heterocycles. The number of hydrogen-bond donors (Lipinski definition) is 0. The quantitative estimate of drug-likeness (QED) is 0.522. The van der Waals surface area contributed by atoms with Gasteiger partial charge in [0.1, 0.15) is 11.9 Å². The predicted octanol–water partition coefficient (Wildman–Crippen LogP) is -0.0573. The molecular formula is C15H11Br2FN2O. The minimum Gasteiger partial charge on any atom is -1.00 e. The maximum absolute atomic E-state index is 13.2. The molecule has 2 rings (SSSR count). The molecule has 0 radical (unpaired) electrons. The molecular weight excluding hydrogens is 403 g/mol. The highest BCUT2D eigenvalue weighted by molar-refractivity contribution is 9.10. The van der Waals surface area contributed by atoms with E-state index in [2.05, 4.69) is 15.9 Å². The molecule has 1 aromatic carbocycles. The maximum Gasteiger partial charge on any atom is 0.227 e. The molecule has 3 nitrogen and oxygen atoms in total. The second kappa shape index (κ2) is 7.43. The van der Waals surface area contributed by atoms with Gasteiger partial charge in [-0.2, -0.15) is 9.83 Å². The Morgan fingerprint density at radius 2 is 2.14 bits per heavy atom. The van der Waals surface area contributed by atoms with Crippen LogP contribution in [0.3, 0.4) is 0 Å². The van der Waals surface area contributed by atoms with Gasteiger partial charge in [-0.05, 0) is 40.2 Å². The van der Waals surface area contributed by atoms with Crippen molar-refractivity contribution >= 4 is 21.7 Å². The van der Waals surface area contributed by atoms with E-state index in [0.717, 1.165) is 16.2 Å². The number of rotatable bonds is 3. The number of hydrogen-bond acceptors (Lipinski definition) is 2. The lowest BCUT2D eigenvalue weighted by molar-refractivity contribution is -0.689. The van der Waals surface area contributed by atoms with Crippen LogP contribution in [0.2, 0.25) is 0 Å². The fraction of sp³-hybridized carbons (Fsp3) is 0.133. The topological polar surface area (TPSA) is 44.7 Å². The summed E-state index contributed by atoms with van der Waals surface area (Å²) >= 11 is 3.40. The van der Waals surface area contributed by atoms with Gasteiger partial charge < -0.3 is 17.0 Å². The number of nitrogens with zero attached hydrogens (tertiary/aromatic N) is 2.